The second kappa shape index (κ2) is 6.73. The van der Waals surface area contributed by atoms with Gasteiger partial charge in [0.1, 0.15) is 0 Å². The molecule has 2 heteroatoms. The summed E-state index contributed by atoms with van der Waals surface area (Å²) in [6.45, 7) is 10.8. The van der Waals surface area contributed by atoms with Gasteiger partial charge in [0.25, 0.3) is 0 Å². The standard InChI is InChI=1S/C18H29NO/c1-5-19-13-16(15-8-6-14(2)7-9-15)12-17-10-11-18(3,4)20-17/h6-9,16-17,19H,5,10-13H2,1-4H3. The molecule has 2 atom stereocenters. The summed E-state index contributed by atoms with van der Waals surface area (Å²) < 4.78 is 6.18. The lowest BCUT2D eigenvalue weighted by Crippen LogP contribution is -2.26. The number of likely N-dealkylation sites (N-methyl/N-ethyl adjacent to an activating group) is 1. The van der Waals surface area contributed by atoms with Crippen LogP contribution >= 0.6 is 0 Å². The van der Waals surface area contributed by atoms with E-state index in [2.05, 4.69) is 57.3 Å². The van der Waals surface area contributed by atoms with Crippen LogP contribution in [0.3, 0.4) is 0 Å². The molecule has 0 spiro atoms. The van der Waals surface area contributed by atoms with Crippen molar-refractivity contribution in [2.24, 2.45) is 0 Å². The third-order valence-corrected chi connectivity index (χ3v) is 4.29. The molecule has 1 aliphatic rings. The third kappa shape index (κ3) is 4.32. The molecule has 1 heterocycles. The van der Waals surface area contributed by atoms with Crippen molar-refractivity contribution in [2.45, 2.75) is 64.6 Å². The first kappa shape index (κ1) is 15.5. The second-order valence-corrected chi connectivity index (χ2v) is 6.69. The maximum Gasteiger partial charge on any atom is 0.0631 e. The summed E-state index contributed by atoms with van der Waals surface area (Å²) >= 11 is 0. The minimum atomic E-state index is 0.0701. The highest BCUT2D eigenvalue weighted by atomic mass is 16.5. The molecule has 20 heavy (non-hydrogen) atoms. The van der Waals surface area contributed by atoms with Gasteiger partial charge in [0.2, 0.25) is 0 Å². The smallest absolute Gasteiger partial charge is 0.0631 e. The van der Waals surface area contributed by atoms with E-state index in [1.807, 2.05) is 0 Å². The number of hydrogen-bond donors (Lipinski definition) is 1. The van der Waals surface area contributed by atoms with E-state index in [0.29, 0.717) is 12.0 Å². The van der Waals surface area contributed by atoms with E-state index >= 15 is 0 Å². The fraction of sp³-hybridized carbons (Fsp3) is 0.667. The van der Waals surface area contributed by atoms with Crippen LogP contribution in [-0.2, 0) is 4.74 Å². The maximum atomic E-state index is 6.18. The van der Waals surface area contributed by atoms with E-state index in [1.54, 1.807) is 0 Å². The van der Waals surface area contributed by atoms with Gasteiger partial charge in [0.05, 0.1) is 11.7 Å². The van der Waals surface area contributed by atoms with Crippen LogP contribution in [0.4, 0.5) is 0 Å². The first-order valence-corrected chi connectivity index (χ1v) is 7.95. The zero-order chi connectivity index (χ0) is 14.6. The molecule has 1 N–H and O–H groups in total. The van der Waals surface area contributed by atoms with Crippen molar-refractivity contribution in [3.8, 4) is 0 Å². The number of hydrogen-bond acceptors (Lipinski definition) is 2. The molecule has 0 bridgehead atoms. The minimum absolute atomic E-state index is 0.0701. The average molecular weight is 275 g/mol. The Morgan fingerprint density at radius 2 is 2.00 bits per heavy atom. The molecular formula is C18H29NO. The Bertz CT molecular complexity index is 410. The largest absolute Gasteiger partial charge is 0.372 e. The molecule has 0 aliphatic carbocycles. The Hall–Kier alpha value is -0.860. The molecule has 2 rings (SSSR count). The number of rotatable bonds is 6. The van der Waals surface area contributed by atoms with Crippen molar-refractivity contribution < 1.29 is 4.74 Å². The highest BCUT2D eigenvalue weighted by Crippen LogP contribution is 2.34. The summed E-state index contributed by atoms with van der Waals surface area (Å²) in [7, 11) is 0. The summed E-state index contributed by atoms with van der Waals surface area (Å²) in [5.74, 6) is 0.550. The SMILES string of the molecule is CCNCC(CC1CCC(C)(C)O1)c1ccc(C)cc1. The van der Waals surface area contributed by atoms with Gasteiger partial charge in [0.15, 0.2) is 0 Å². The maximum absolute atomic E-state index is 6.18. The van der Waals surface area contributed by atoms with Gasteiger partial charge in [-0.05, 0) is 58.1 Å². The molecule has 0 aromatic heterocycles. The van der Waals surface area contributed by atoms with E-state index in [0.717, 1.165) is 19.5 Å². The van der Waals surface area contributed by atoms with Crippen molar-refractivity contribution in [3.05, 3.63) is 35.4 Å². The van der Waals surface area contributed by atoms with Crippen LogP contribution in [0.2, 0.25) is 0 Å². The molecule has 0 saturated carbocycles. The lowest BCUT2D eigenvalue weighted by atomic mass is 9.91. The van der Waals surface area contributed by atoms with Gasteiger partial charge in [0, 0.05) is 6.54 Å². The number of nitrogens with one attached hydrogen (secondary N) is 1. The molecule has 1 saturated heterocycles. The predicted octanol–water partition coefficient (Wildman–Crippen LogP) is 4.04. The Kier molecular flexibility index (Phi) is 5.22. The van der Waals surface area contributed by atoms with Crippen LogP contribution in [0.15, 0.2) is 24.3 Å². The van der Waals surface area contributed by atoms with Crippen LogP contribution in [0.5, 0.6) is 0 Å². The molecule has 112 valence electrons. The van der Waals surface area contributed by atoms with Crippen LogP contribution in [-0.4, -0.2) is 24.8 Å². The highest BCUT2D eigenvalue weighted by molar-refractivity contribution is 5.25. The second-order valence-electron chi connectivity index (χ2n) is 6.69. The van der Waals surface area contributed by atoms with Crippen molar-refractivity contribution in [1.82, 2.24) is 5.32 Å². The van der Waals surface area contributed by atoms with E-state index < -0.39 is 0 Å². The number of aryl methyl sites for hydroxylation is 1. The Balaban J connectivity index is 2.02. The Morgan fingerprint density at radius 3 is 2.55 bits per heavy atom. The molecule has 2 unspecified atom stereocenters. The minimum Gasteiger partial charge on any atom is -0.372 e. The van der Waals surface area contributed by atoms with E-state index in [4.69, 9.17) is 4.74 Å². The number of benzene rings is 1. The third-order valence-electron chi connectivity index (χ3n) is 4.29. The van der Waals surface area contributed by atoms with Gasteiger partial charge in [-0.25, -0.2) is 0 Å². The molecular weight excluding hydrogens is 246 g/mol. The summed E-state index contributed by atoms with van der Waals surface area (Å²) in [5.41, 5.74) is 2.83. The Labute approximate surface area is 123 Å². The topological polar surface area (TPSA) is 21.3 Å². The average Bonchev–Trinajstić information content (AvgIpc) is 2.75. The normalized spacial score (nSPS) is 22.9. The van der Waals surface area contributed by atoms with Crippen molar-refractivity contribution in [2.75, 3.05) is 13.1 Å². The first-order valence-electron chi connectivity index (χ1n) is 7.95. The van der Waals surface area contributed by atoms with Crippen LogP contribution in [0.25, 0.3) is 0 Å². The molecule has 1 aromatic rings. The summed E-state index contributed by atoms with van der Waals surface area (Å²) in [5, 5.41) is 3.50. The van der Waals surface area contributed by atoms with Crippen LogP contribution < -0.4 is 5.32 Å². The molecule has 0 amide bonds. The van der Waals surface area contributed by atoms with E-state index in [1.165, 1.54) is 24.0 Å². The lowest BCUT2D eigenvalue weighted by Gasteiger charge is -2.24. The van der Waals surface area contributed by atoms with Gasteiger partial charge >= 0.3 is 0 Å². The quantitative estimate of drug-likeness (QED) is 0.846. The van der Waals surface area contributed by atoms with E-state index in [-0.39, 0.29) is 5.60 Å². The first-order chi connectivity index (χ1) is 9.50. The summed E-state index contributed by atoms with van der Waals surface area (Å²) in [6, 6.07) is 8.98. The molecule has 1 aromatic carbocycles. The molecule has 0 radical (unpaired) electrons. The zero-order valence-corrected chi connectivity index (χ0v) is 13.4. The molecule has 1 fully saturated rings. The van der Waals surface area contributed by atoms with Gasteiger partial charge in [-0.3, -0.25) is 0 Å². The van der Waals surface area contributed by atoms with Crippen molar-refractivity contribution in [3.63, 3.8) is 0 Å². The van der Waals surface area contributed by atoms with Gasteiger partial charge < -0.3 is 10.1 Å². The number of ether oxygens (including phenoxy) is 1. The molecule has 2 nitrogen and oxygen atoms in total. The lowest BCUT2D eigenvalue weighted by molar-refractivity contribution is -0.0209. The summed E-state index contributed by atoms with van der Waals surface area (Å²) in [6.07, 6.45) is 3.91. The van der Waals surface area contributed by atoms with Crippen LogP contribution in [0.1, 0.15) is 57.1 Å². The zero-order valence-electron chi connectivity index (χ0n) is 13.4. The van der Waals surface area contributed by atoms with Crippen molar-refractivity contribution >= 4 is 0 Å². The molecule has 1 aliphatic heterocycles. The van der Waals surface area contributed by atoms with E-state index in [9.17, 15) is 0 Å². The Morgan fingerprint density at radius 1 is 1.30 bits per heavy atom. The van der Waals surface area contributed by atoms with Gasteiger partial charge in [-0.15, -0.1) is 0 Å². The summed E-state index contributed by atoms with van der Waals surface area (Å²) in [4.78, 5) is 0. The van der Waals surface area contributed by atoms with Gasteiger partial charge in [-0.1, -0.05) is 36.8 Å². The fourth-order valence-electron chi connectivity index (χ4n) is 3.06. The monoisotopic (exact) mass is 275 g/mol. The van der Waals surface area contributed by atoms with Crippen molar-refractivity contribution in [1.29, 1.82) is 0 Å². The van der Waals surface area contributed by atoms with Crippen LogP contribution in [0, 0.1) is 6.92 Å². The fourth-order valence-corrected chi connectivity index (χ4v) is 3.06. The highest BCUT2D eigenvalue weighted by Gasteiger charge is 2.33. The predicted molar refractivity (Wildman–Crippen MR) is 85.3 cm³/mol. The van der Waals surface area contributed by atoms with Gasteiger partial charge in [-0.2, -0.15) is 0 Å².